The SMILES string of the molecule is COc1ccc(/C=C/c2cc(O)cc(O)c2)cc1O[C@@H]1O[C@@H](CO)[C@@H](O)[C@H](O)[C@@H]1OC(=O)/C=C/c1ccc(O)cc1. The number of aliphatic hydroxyl groups is 3. The molecular formula is C30H30O11. The quantitative estimate of drug-likeness (QED) is 0.127. The molecule has 41 heavy (non-hydrogen) atoms. The van der Waals surface area contributed by atoms with E-state index in [1.807, 2.05) is 0 Å². The lowest BCUT2D eigenvalue weighted by Gasteiger charge is -2.41. The Morgan fingerprint density at radius 1 is 0.805 bits per heavy atom. The second-order valence-corrected chi connectivity index (χ2v) is 9.18. The number of aliphatic hydroxyl groups excluding tert-OH is 3. The Kier molecular flexibility index (Phi) is 9.48. The van der Waals surface area contributed by atoms with Crippen molar-refractivity contribution < 1.29 is 54.4 Å². The van der Waals surface area contributed by atoms with E-state index < -0.39 is 43.3 Å². The fraction of sp³-hybridized carbons (Fsp3) is 0.233. The van der Waals surface area contributed by atoms with Crippen molar-refractivity contribution in [3.63, 3.8) is 0 Å². The normalized spacial score (nSPS) is 22.6. The molecule has 0 amide bonds. The number of carbonyl (C=O) groups excluding carboxylic acids is 1. The Morgan fingerprint density at radius 2 is 1.46 bits per heavy atom. The summed E-state index contributed by atoms with van der Waals surface area (Å²) in [5.41, 5.74) is 1.75. The van der Waals surface area contributed by atoms with Gasteiger partial charge in [-0.1, -0.05) is 30.4 Å². The zero-order valence-corrected chi connectivity index (χ0v) is 21.9. The van der Waals surface area contributed by atoms with Gasteiger partial charge in [-0.3, -0.25) is 0 Å². The van der Waals surface area contributed by atoms with E-state index in [0.29, 0.717) is 16.7 Å². The van der Waals surface area contributed by atoms with Crippen molar-refractivity contribution in [1.82, 2.24) is 0 Å². The second-order valence-electron chi connectivity index (χ2n) is 9.18. The van der Waals surface area contributed by atoms with Gasteiger partial charge in [0.25, 0.3) is 0 Å². The van der Waals surface area contributed by atoms with Gasteiger partial charge in [-0.25, -0.2) is 4.79 Å². The molecule has 6 N–H and O–H groups in total. The molecule has 1 aliphatic heterocycles. The van der Waals surface area contributed by atoms with E-state index in [9.17, 15) is 35.4 Å². The minimum atomic E-state index is -1.66. The van der Waals surface area contributed by atoms with Crippen LogP contribution in [0.25, 0.3) is 18.2 Å². The van der Waals surface area contributed by atoms with Crippen LogP contribution in [0.4, 0.5) is 0 Å². The third-order valence-electron chi connectivity index (χ3n) is 6.21. The highest BCUT2D eigenvalue weighted by atomic mass is 16.7. The molecule has 1 aliphatic rings. The average molecular weight is 567 g/mol. The van der Waals surface area contributed by atoms with Crippen LogP contribution in [0.15, 0.2) is 66.7 Å². The smallest absolute Gasteiger partial charge is 0.331 e. The molecule has 4 rings (SSSR count). The number of phenols is 3. The van der Waals surface area contributed by atoms with Crippen molar-refractivity contribution in [2.75, 3.05) is 13.7 Å². The largest absolute Gasteiger partial charge is 0.508 e. The number of methoxy groups -OCH3 is 1. The Bertz CT molecular complexity index is 1380. The van der Waals surface area contributed by atoms with Gasteiger partial charge in [-0.15, -0.1) is 0 Å². The van der Waals surface area contributed by atoms with Crippen molar-refractivity contribution in [2.45, 2.75) is 30.7 Å². The third kappa shape index (κ3) is 7.56. The molecule has 0 unspecified atom stereocenters. The minimum Gasteiger partial charge on any atom is -0.508 e. The number of esters is 1. The maximum absolute atomic E-state index is 12.6. The molecular weight excluding hydrogens is 536 g/mol. The Balaban J connectivity index is 1.57. The summed E-state index contributed by atoms with van der Waals surface area (Å²) in [4.78, 5) is 12.6. The first-order valence-corrected chi connectivity index (χ1v) is 12.5. The van der Waals surface area contributed by atoms with Crippen LogP contribution in [0, 0.1) is 0 Å². The molecule has 216 valence electrons. The summed E-state index contributed by atoms with van der Waals surface area (Å²) in [6.07, 6.45) is -1.55. The van der Waals surface area contributed by atoms with Gasteiger partial charge in [0, 0.05) is 12.1 Å². The van der Waals surface area contributed by atoms with Gasteiger partial charge in [-0.2, -0.15) is 0 Å². The summed E-state index contributed by atoms with van der Waals surface area (Å²) in [7, 11) is 1.41. The van der Waals surface area contributed by atoms with Gasteiger partial charge in [-0.05, 0) is 59.2 Å². The van der Waals surface area contributed by atoms with Crippen molar-refractivity contribution in [1.29, 1.82) is 0 Å². The van der Waals surface area contributed by atoms with Gasteiger partial charge < -0.3 is 49.6 Å². The van der Waals surface area contributed by atoms with Crippen LogP contribution in [0.3, 0.4) is 0 Å². The first kappa shape index (κ1) is 29.4. The van der Waals surface area contributed by atoms with Gasteiger partial charge in [0.15, 0.2) is 17.6 Å². The van der Waals surface area contributed by atoms with Crippen molar-refractivity contribution in [3.8, 4) is 28.7 Å². The molecule has 5 atom stereocenters. The van der Waals surface area contributed by atoms with Crippen LogP contribution < -0.4 is 9.47 Å². The average Bonchev–Trinajstić information content (AvgIpc) is 2.95. The standard InChI is InChI=1S/C30H30O11/c1-38-23-10-6-18(2-3-19-12-21(33)15-22(34)13-19)14-24(23)39-30-29(28(37)27(36)25(16-31)40-30)41-26(35)11-7-17-4-8-20(32)9-5-17/h2-15,25,27-34,36-37H,16H2,1H3/b3-2+,11-7+/t25-,27+,28-,29-,30+/m0/s1. The highest BCUT2D eigenvalue weighted by molar-refractivity contribution is 5.87. The van der Waals surface area contributed by atoms with Crippen LogP contribution in [-0.2, 0) is 14.3 Å². The third-order valence-corrected chi connectivity index (χ3v) is 6.21. The number of aromatic hydroxyl groups is 3. The van der Waals surface area contributed by atoms with Crippen LogP contribution in [0.1, 0.15) is 16.7 Å². The predicted octanol–water partition coefficient (Wildman–Crippen LogP) is 2.43. The van der Waals surface area contributed by atoms with E-state index >= 15 is 0 Å². The Morgan fingerprint density at radius 3 is 2.12 bits per heavy atom. The zero-order chi connectivity index (χ0) is 29.5. The van der Waals surface area contributed by atoms with E-state index in [-0.39, 0.29) is 28.7 Å². The summed E-state index contributed by atoms with van der Waals surface area (Å²) in [6, 6.07) is 15.1. The van der Waals surface area contributed by atoms with Gasteiger partial charge in [0.1, 0.15) is 35.6 Å². The van der Waals surface area contributed by atoms with Crippen LogP contribution in [0.5, 0.6) is 28.7 Å². The van der Waals surface area contributed by atoms with Crippen LogP contribution >= 0.6 is 0 Å². The first-order valence-electron chi connectivity index (χ1n) is 12.5. The molecule has 0 radical (unpaired) electrons. The number of rotatable bonds is 9. The van der Waals surface area contributed by atoms with Crippen molar-refractivity contribution in [3.05, 3.63) is 83.4 Å². The topological polar surface area (TPSA) is 175 Å². The molecule has 11 heteroatoms. The maximum Gasteiger partial charge on any atom is 0.331 e. The number of phenolic OH excluding ortho intramolecular Hbond substituents is 3. The minimum absolute atomic E-state index is 0.0632. The zero-order valence-electron chi connectivity index (χ0n) is 21.9. The van der Waals surface area contributed by atoms with E-state index in [1.165, 1.54) is 43.5 Å². The van der Waals surface area contributed by atoms with Gasteiger partial charge in [0.05, 0.1) is 13.7 Å². The summed E-state index contributed by atoms with van der Waals surface area (Å²) in [6.45, 7) is -0.643. The lowest BCUT2D eigenvalue weighted by atomic mass is 9.99. The highest BCUT2D eigenvalue weighted by Crippen LogP contribution is 2.34. The molecule has 0 spiro atoms. The predicted molar refractivity (Wildman–Crippen MR) is 147 cm³/mol. The molecule has 1 saturated heterocycles. The number of hydrogen-bond donors (Lipinski definition) is 6. The van der Waals surface area contributed by atoms with Crippen molar-refractivity contribution >= 4 is 24.2 Å². The summed E-state index contributed by atoms with van der Waals surface area (Å²) in [5, 5.41) is 59.7. The van der Waals surface area contributed by atoms with E-state index in [4.69, 9.17) is 18.9 Å². The molecule has 3 aromatic rings. The monoisotopic (exact) mass is 566 g/mol. The molecule has 11 nitrogen and oxygen atoms in total. The number of ether oxygens (including phenoxy) is 4. The van der Waals surface area contributed by atoms with Crippen LogP contribution in [0.2, 0.25) is 0 Å². The van der Waals surface area contributed by atoms with Crippen LogP contribution in [-0.4, -0.2) is 81.0 Å². The second kappa shape index (κ2) is 13.2. The highest BCUT2D eigenvalue weighted by Gasteiger charge is 2.48. The van der Waals surface area contributed by atoms with Gasteiger partial charge in [0.2, 0.25) is 6.29 Å². The lowest BCUT2D eigenvalue weighted by molar-refractivity contribution is -0.281. The molecule has 3 aromatic carbocycles. The number of carbonyl (C=O) groups is 1. The number of hydrogen-bond acceptors (Lipinski definition) is 11. The Labute approximate surface area is 235 Å². The molecule has 1 heterocycles. The van der Waals surface area contributed by atoms with Crippen molar-refractivity contribution in [2.24, 2.45) is 0 Å². The van der Waals surface area contributed by atoms with E-state index in [0.717, 1.165) is 6.08 Å². The fourth-order valence-electron chi connectivity index (χ4n) is 4.12. The van der Waals surface area contributed by atoms with E-state index in [1.54, 1.807) is 42.5 Å². The van der Waals surface area contributed by atoms with Gasteiger partial charge >= 0.3 is 5.97 Å². The Hall–Kier alpha value is -4.55. The summed E-state index contributed by atoms with van der Waals surface area (Å²) in [5.74, 6) is -0.593. The molecule has 0 aromatic heterocycles. The van der Waals surface area contributed by atoms with E-state index in [2.05, 4.69) is 0 Å². The number of benzene rings is 3. The summed E-state index contributed by atoms with van der Waals surface area (Å²) < 4.78 is 22.4. The molecule has 1 fully saturated rings. The molecule has 0 saturated carbocycles. The first-order chi connectivity index (χ1) is 19.7. The maximum atomic E-state index is 12.6. The fourth-order valence-corrected chi connectivity index (χ4v) is 4.12. The lowest BCUT2D eigenvalue weighted by Crippen LogP contribution is -2.61. The summed E-state index contributed by atoms with van der Waals surface area (Å²) >= 11 is 0. The molecule has 0 aliphatic carbocycles. The molecule has 0 bridgehead atoms.